The van der Waals surface area contributed by atoms with Gasteiger partial charge in [-0.1, -0.05) is 32.0 Å². The maximum absolute atomic E-state index is 13.7. The number of rotatable bonds is 5. The third-order valence-electron chi connectivity index (χ3n) is 3.86. The van der Waals surface area contributed by atoms with Gasteiger partial charge in [0.25, 0.3) is 0 Å². The van der Waals surface area contributed by atoms with Crippen molar-refractivity contribution >= 4 is 29.9 Å². The minimum Gasteiger partial charge on any atom is -0.352 e. The van der Waals surface area contributed by atoms with Crippen LogP contribution in [0.25, 0.3) is 0 Å². The molecule has 0 radical (unpaired) electrons. The van der Waals surface area contributed by atoms with Gasteiger partial charge in [0, 0.05) is 51.6 Å². The van der Waals surface area contributed by atoms with E-state index in [9.17, 15) is 4.39 Å². The lowest BCUT2D eigenvalue weighted by atomic mass is 10.1. The third-order valence-corrected chi connectivity index (χ3v) is 3.86. The summed E-state index contributed by atoms with van der Waals surface area (Å²) in [4.78, 5) is 6.31. The summed E-state index contributed by atoms with van der Waals surface area (Å²) in [6, 6.07) is 6.76. The zero-order valence-corrected chi connectivity index (χ0v) is 17.8. The van der Waals surface area contributed by atoms with E-state index in [1.54, 1.807) is 19.2 Å². The predicted molar refractivity (Wildman–Crippen MR) is 111 cm³/mol. The molecule has 7 heteroatoms. The SMILES string of the molecule is CN=C(NCc1ccccc1F)N(C)Cc1cn(C)nc1C(C)C.I. The van der Waals surface area contributed by atoms with Crippen LogP contribution in [0.15, 0.2) is 35.5 Å². The Bertz CT molecular complexity index is 711. The first-order valence-corrected chi connectivity index (χ1v) is 8.10. The molecule has 0 spiro atoms. The molecule has 0 saturated carbocycles. The highest BCUT2D eigenvalue weighted by molar-refractivity contribution is 14.0. The highest BCUT2D eigenvalue weighted by Crippen LogP contribution is 2.18. The Labute approximate surface area is 166 Å². The number of nitrogens with one attached hydrogen (secondary N) is 1. The quantitative estimate of drug-likeness (QED) is 0.423. The van der Waals surface area contributed by atoms with E-state index >= 15 is 0 Å². The Hall–Kier alpha value is -1.64. The minimum absolute atomic E-state index is 0. The summed E-state index contributed by atoms with van der Waals surface area (Å²) in [5.41, 5.74) is 2.88. The van der Waals surface area contributed by atoms with Crippen LogP contribution in [0.3, 0.4) is 0 Å². The molecule has 0 aliphatic carbocycles. The van der Waals surface area contributed by atoms with E-state index in [4.69, 9.17) is 0 Å². The first kappa shape index (κ1) is 21.4. The van der Waals surface area contributed by atoms with Crippen LogP contribution in [0, 0.1) is 5.82 Å². The maximum atomic E-state index is 13.7. The van der Waals surface area contributed by atoms with E-state index in [0.29, 0.717) is 24.6 Å². The third kappa shape index (κ3) is 5.69. The Balaban J connectivity index is 0.00000312. The summed E-state index contributed by atoms with van der Waals surface area (Å²) >= 11 is 0. The second-order valence-corrected chi connectivity index (χ2v) is 6.22. The molecule has 1 N–H and O–H groups in total. The fourth-order valence-electron chi connectivity index (χ4n) is 2.69. The van der Waals surface area contributed by atoms with E-state index in [2.05, 4.69) is 29.3 Å². The number of guanidine groups is 1. The summed E-state index contributed by atoms with van der Waals surface area (Å²) < 4.78 is 15.6. The smallest absolute Gasteiger partial charge is 0.193 e. The van der Waals surface area contributed by atoms with Crippen molar-refractivity contribution in [1.29, 1.82) is 0 Å². The van der Waals surface area contributed by atoms with Gasteiger partial charge in [0.1, 0.15) is 5.82 Å². The number of aliphatic imine (C=N–C) groups is 1. The fraction of sp³-hybridized carbons (Fsp3) is 0.444. The van der Waals surface area contributed by atoms with Crippen molar-refractivity contribution in [3.63, 3.8) is 0 Å². The van der Waals surface area contributed by atoms with Gasteiger partial charge >= 0.3 is 0 Å². The van der Waals surface area contributed by atoms with Crippen molar-refractivity contribution in [2.24, 2.45) is 12.0 Å². The van der Waals surface area contributed by atoms with Crippen LogP contribution >= 0.6 is 24.0 Å². The van der Waals surface area contributed by atoms with Crippen LogP contribution in [-0.4, -0.2) is 34.7 Å². The molecule has 0 aliphatic rings. The Morgan fingerprint density at radius 2 is 2.00 bits per heavy atom. The van der Waals surface area contributed by atoms with Crippen molar-refractivity contribution in [1.82, 2.24) is 20.0 Å². The van der Waals surface area contributed by atoms with Crippen molar-refractivity contribution in [3.05, 3.63) is 53.1 Å². The highest BCUT2D eigenvalue weighted by Gasteiger charge is 2.15. The number of nitrogens with zero attached hydrogens (tertiary/aromatic N) is 4. The monoisotopic (exact) mass is 459 g/mol. The van der Waals surface area contributed by atoms with Gasteiger partial charge in [-0.05, 0) is 12.0 Å². The zero-order valence-electron chi connectivity index (χ0n) is 15.5. The number of benzene rings is 1. The van der Waals surface area contributed by atoms with Gasteiger partial charge in [-0.25, -0.2) is 4.39 Å². The first-order chi connectivity index (χ1) is 11.4. The molecule has 5 nitrogen and oxygen atoms in total. The fourth-order valence-corrected chi connectivity index (χ4v) is 2.69. The Morgan fingerprint density at radius 3 is 2.60 bits per heavy atom. The van der Waals surface area contributed by atoms with E-state index < -0.39 is 0 Å². The molecule has 25 heavy (non-hydrogen) atoms. The van der Waals surface area contributed by atoms with Crippen LogP contribution in [0.5, 0.6) is 0 Å². The maximum Gasteiger partial charge on any atom is 0.193 e. The van der Waals surface area contributed by atoms with Gasteiger partial charge in [-0.15, -0.1) is 24.0 Å². The second-order valence-electron chi connectivity index (χ2n) is 6.22. The van der Waals surface area contributed by atoms with Gasteiger partial charge in [0.05, 0.1) is 5.69 Å². The molecule has 0 fully saturated rings. The van der Waals surface area contributed by atoms with Crippen molar-refractivity contribution in [3.8, 4) is 0 Å². The van der Waals surface area contributed by atoms with Gasteiger partial charge in [0.2, 0.25) is 0 Å². The number of hydrogen-bond acceptors (Lipinski definition) is 2. The second kappa shape index (κ2) is 9.74. The standard InChI is InChI=1S/C18H26FN5.HI/c1-13(2)17-15(12-24(5)22-17)11-23(4)18(20-3)21-10-14-8-6-7-9-16(14)19;/h6-9,12-13H,10-11H2,1-5H3,(H,20,21);1H. The predicted octanol–water partition coefficient (Wildman–Crippen LogP) is 3.51. The van der Waals surface area contributed by atoms with E-state index in [0.717, 1.165) is 11.7 Å². The Kier molecular flexibility index (Phi) is 8.34. The molecule has 1 aromatic heterocycles. The molecule has 0 bridgehead atoms. The molecule has 0 atom stereocenters. The lowest BCUT2D eigenvalue weighted by molar-refractivity contribution is 0.472. The summed E-state index contributed by atoms with van der Waals surface area (Å²) in [5.74, 6) is 0.872. The lowest BCUT2D eigenvalue weighted by Gasteiger charge is -2.22. The molecular weight excluding hydrogens is 432 g/mol. The Morgan fingerprint density at radius 1 is 1.32 bits per heavy atom. The highest BCUT2D eigenvalue weighted by atomic mass is 127. The summed E-state index contributed by atoms with van der Waals surface area (Å²) in [6.07, 6.45) is 2.04. The molecule has 0 unspecified atom stereocenters. The molecule has 138 valence electrons. The number of aryl methyl sites for hydroxylation is 1. The largest absolute Gasteiger partial charge is 0.352 e. The molecule has 1 aromatic carbocycles. The van der Waals surface area contributed by atoms with Crippen molar-refractivity contribution < 1.29 is 4.39 Å². The summed E-state index contributed by atoms with van der Waals surface area (Å²) in [7, 11) is 5.63. The van der Waals surface area contributed by atoms with Crippen LogP contribution in [0.4, 0.5) is 4.39 Å². The van der Waals surface area contributed by atoms with Gasteiger partial charge < -0.3 is 10.2 Å². The van der Waals surface area contributed by atoms with Gasteiger partial charge in [-0.2, -0.15) is 5.10 Å². The first-order valence-electron chi connectivity index (χ1n) is 8.10. The summed E-state index contributed by atoms with van der Waals surface area (Å²) in [6.45, 7) is 5.36. The number of halogens is 2. The van der Waals surface area contributed by atoms with E-state index in [-0.39, 0.29) is 29.8 Å². The average molecular weight is 459 g/mol. The molecule has 2 aromatic rings. The molecule has 1 heterocycles. The molecule has 0 amide bonds. The minimum atomic E-state index is -0.211. The average Bonchev–Trinajstić information content (AvgIpc) is 2.90. The number of hydrogen-bond donors (Lipinski definition) is 1. The zero-order chi connectivity index (χ0) is 17.7. The van der Waals surface area contributed by atoms with Crippen LogP contribution in [-0.2, 0) is 20.1 Å². The summed E-state index contributed by atoms with van der Waals surface area (Å²) in [5, 5.41) is 7.74. The van der Waals surface area contributed by atoms with Crippen molar-refractivity contribution in [2.75, 3.05) is 14.1 Å². The van der Waals surface area contributed by atoms with Gasteiger partial charge in [-0.3, -0.25) is 9.67 Å². The molecular formula is C18H27FIN5. The molecule has 0 saturated heterocycles. The van der Waals surface area contributed by atoms with Crippen LogP contribution < -0.4 is 5.32 Å². The lowest BCUT2D eigenvalue weighted by Crippen LogP contribution is -2.38. The normalized spacial score (nSPS) is 11.4. The molecule has 0 aliphatic heterocycles. The number of aromatic nitrogens is 2. The van der Waals surface area contributed by atoms with Crippen molar-refractivity contribution in [2.45, 2.75) is 32.9 Å². The van der Waals surface area contributed by atoms with Gasteiger partial charge in [0.15, 0.2) is 5.96 Å². The van der Waals surface area contributed by atoms with E-state index in [1.807, 2.05) is 35.9 Å². The van der Waals surface area contributed by atoms with Crippen LogP contribution in [0.2, 0.25) is 0 Å². The van der Waals surface area contributed by atoms with Crippen LogP contribution in [0.1, 0.15) is 36.6 Å². The topological polar surface area (TPSA) is 45.5 Å². The molecule has 2 rings (SSSR count). The van der Waals surface area contributed by atoms with E-state index in [1.165, 1.54) is 11.6 Å².